The van der Waals surface area contributed by atoms with E-state index in [4.69, 9.17) is 84.3 Å². The van der Waals surface area contributed by atoms with Crippen molar-refractivity contribution in [2.45, 2.75) is 26.8 Å². The molecule has 0 fully saturated rings. The number of aryl methyl sites for hydroxylation is 1. The summed E-state index contributed by atoms with van der Waals surface area (Å²) in [6, 6.07) is 27.7. The Hall–Kier alpha value is -12.2. The van der Waals surface area contributed by atoms with Gasteiger partial charge < -0.3 is 119 Å². The number of benzene rings is 9. The van der Waals surface area contributed by atoms with Crippen molar-refractivity contribution in [3.63, 3.8) is 0 Å². The Morgan fingerprint density at radius 1 is 0.400 bits per heavy atom. The summed E-state index contributed by atoms with van der Waals surface area (Å²) >= 11 is 0. The molecule has 6 aromatic rings. The van der Waals surface area contributed by atoms with Gasteiger partial charge in [0, 0.05) is 140 Å². The Balaban J connectivity index is 0.000000173. The summed E-state index contributed by atoms with van der Waals surface area (Å²) in [5.41, 5.74) is 3.94. The molecule has 37 heteroatoms. The highest BCUT2D eigenvalue weighted by Gasteiger charge is 2.32. The third kappa shape index (κ3) is 25.5. The number of hydrogen-bond acceptors (Lipinski definition) is 29. The fourth-order valence-electron chi connectivity index (χ4n) is 15.9. The summed E-state index contributed by atoms with van der Waals surface area (Å²) in [5, 5.41) is 40.4. The van der Waals surface area contributed by atoms with Crippen molar-refractivity contribution < 1.29 is 141 Å². The maximum atomic E-state index is 15.6. The van der Waals surface area contributed by atoms with E-state index in [0.717, 1.165) is 58.7 Å². The molecule has 6 aliphatic heterocycles. The first-order valence-corrected chi connectivity index (χ1v) is 43.9. The SMILES string of the molecule is CCc1c2oc3cc(C)c(F)cc3c(-c3ccc4c(c3)OCCOCCOCCOCCN4CCOC)c-2cc(F)c1=O.COCCN1CCOCCOCCOCCOc2cc(-c3c4cc(F)c(=O)cc-4oc4c(CN(CC(=O)O)CC(=O)O)c(O)c(F)cc34)ccc21.COCCN1CCOCCOCCOCCOc2cc(-c3c4cc(F)c(=O)cc-4oc4cc(O)c(F)cc34)ccc21. The monoisotopic (exact) mass is 1880 g/mol. The summed E-state index contributed by atoms with van der Waals surface area (Å²) in [4.78, 5) is 67.5. The molecule has 4 N–H and O–H groups in total. The van der Waals surface area contributed by atoms with Crippen molar-refractivity contribution in [1.29, 1.82) is 0 Å². The van der Waals surface area contributed by atoms with Crippen LogP contribution >= 0.6 is 0 Å². The van der Waals surface area contributed by atoms with Gasteiger partial charge in [0.05, 0.1) is 174 Å². The highest BCUT2D eigenvalue weighted by Crippen LogP contribution is 2.50. The van der Waals surface area contributed by atoms with Gasteiger partial charge in [0.1, 0.15) is 76.9 Å². The van der Waals surface area contributed by atoms with Gasteiger partial charge in [0.2, 0.25) is 16.3 Å². The molecule has 0 unspecified atom stereocenters. The minimum atomic E-state index is -1.36. The van der Waals surface area contributed by atoms with Crippen LogP contribution in [0, 0.1) is 41.8 Å². The molecule has 9 aliphatic rings. The number of phenols is 2. The molecule has 6 heterocycles. The zero-order valence-electron chi connectivity index (χ0n) is 75.2. The van der Waals surface area contributed by atoms with E-state index < -0.39 is 94.3 Å². The number of carbonyl (C=O) groups is 2. The number of methoxy groups -OCH3 is 3. The standard InChI is InChI=1S/C35H38F2N2O12.C33H37F2NO7.C30H31F2NO8/c1-46-6-4-39-5-7-47-8-9-48-10-11-49-12-13-50-30-14-21(2-3-27(30)39)33-22-15-25(36)28(40)17-29(22)51-35-23(33)16-26(37)34(45)24(35)18-38(19-31(41)42)20-32(43)44;1-4-23-32(37)27(35)20-25-31(24-19-26(34)21(2)17-29(24)43-33(23)25)22-5-6-28-30(18-22)42-16-15-41-14-13-40-12-11-39-10-8-36(28)7-9-38-3;1-36-6-4-33-5-7-37-8-9-38-10-11-39-12-13-40-29-14-19(2-3-24(29)33)30-20-15-22(31)25(34)17-27(20)41-28-18-26(35)23(32)16-21(28)30/h2-3,14-17,45H,4-13,18-20H2,1H3,(H,41,42)(H,43,44);5-6,17-20H,4,7-16H2,1-3H3;2-3,14-18,34H,4-13H2,1H3. The topological polar surface area (TPSA) is 357 Å². The fraction of sp³-hybridized carbons (Fsp3) is 0.398. The van der Waals surface area contributed by atoms with E-state index in [1.165, 1.54) is 12.1 Å². The minimum Gasteiger partial charge on any atom is -0.505 e. The van der Waals surface area contributed by atoms with Crippen LogP contribution in [0.1, 0.15) is 23.6 Å². The molecule has 6 aromatic carbocycles. The second kappa shape index (κ2) is 48.8. The number of halogens is 6. The second-order valence-corrected chi connectivity index (χ2v) is 31.3. The molecule has 0 spiro atoms. The van der Waals surface area contributed by atoms with Crippen molar-refractivity contribution in [3.05, 3.63) is 198 Å². The number of aliphatic carboxylic acids is 2. The number of aromatic hydroxyl groups is 2. The third-order valence-corrected chi connectivity index (χ3v) is 22.3. The highest BCUT2D eigenvalue weighted by atomic mass is 19.1. The van der Waals surface area contributed by atoms with E-state index in [9.17, 15) is 62.0 Å². The second-order valence-electron chi connectivity index (χ2n) is 31.3. The molecule has 0 saturated carbocycles. The Morgan fingerprint density at radius 3 is 1.19 bits per heavy atom. The van der Waals surface area contributed by atoms with Crippen molar-refractivity contribution in [2.24, 2.45) is 0 Å². The summed E-state index contributed by atoms with van der Waals surface area (Å²) in [6.45, 7) is 13.8. The van der Waals surface area contributed by atoms with Gasteiger partial charge in [-0.3, -0.25) is 28.9 Å². The molecular weight excluding hydrogens is 1780 g/mol. The largest absolute Gasteiger partial charge is 0.505 e. The summed E-state index contributed by atoms with van der Waals surface area (Å²) in [7, 11) is 4.85. The van der Waals surface area contributed by atoms with Crippen LogP contribution in [0.15, 0.2) is 143 Å². The van der Waals surface area contributed by atoms with Gasteiger partial charge in [-0.05, 0) is 114 Å². The summed E-state index contributed by atoms with van der Waals surface area (Å²) < 4.78 is 193. The number of ether oxygens (including phenoxy) is 15. The van der Waals surface area contributed by atoms with Crippen LogP contribution in [0.4, 0.5) is 43.4 Å². The molecule has 31 nitrogen and oxygen atoms in total. The fourth-order valence-corrected chi connectivity index (χ4v) is 15.9. The molecule has 0 atom stereocenters. The maximum Gasteiger partial charge on any atom is 0.317 e. The Bertz CT molecular complexity index is 6140. The van der Waals surface area contributed by atoms with Crippen LogP contribution in [-0.2, 0) is 79.4 Å². The lowest BCUT2D eigenvalue weighted by molar-refractivity contribution is -0.142. The lowest BCUT2D eigenvalue weighted by Crippen LogP contribution is -2.34. The molecule has 15 rings (SSSR count). The van der Waals surface area contributed by atoms with E-state index in [1.54, 1.807) is 65.5 Å². The molecule has 3 aliphatic carbocycles. The molecular formula is C98H106F6N4O27. The molecule has 0 radical (unpaired) electrons. The minimum absolute atomic E-state index is 0.0292. The van der Waals surface area contributed by atoms with Crippen molar-refractivity contribution in [3.8, 4) is 96.1 Å². The molecule has 0 aromatic heterocycles. The normalized spacial score (nSPS) is 15.4. The van der Waals surface area contributed by atoms with Crippen LogP contribution in [0.5, 0.6) is 28.7 Å². The van der Waals surface area contributed by atoms with Gasteiger partial charge in [-0.15, -0.1) is 0 Å². The average molecular weight is 1890 g/mol. The Morgan fingerprint density at radius 2 is 0.770 bits per heavy atom. The Labute approximate surface area is 771 Å². The zero-order valence-corrected chi connectivity index (χ0v) is 75.2. The molecule has 0 saturated heterocycles. The van der Waals surface area contributed by atoms with Crippen LogP contribution in [-0.4, -0.2) is 270 Å². The van der Waals surface area contributed by atoms with Crippen molar-refractivity contribution in [1.82, 2.24) is 4.90 Å². The van der Waals surface area contributed by atoms with E-state index in [-0.39, 0.29) is 99.9 Å². The molecule has 135 heavy (non-hydrogen) atoms. The van der Waals surface area contributed by atoms with E-state index in [1.807, 2.05) is 35.2 Å². The molecule has 0 amide bonds. The maximum absolute atomic E-state index is 15.6. The van der Waals surface area contributed by atoms with E-state index in [2.05, 4.69) is 9.80 Å². The number of nitrogens with zero attached hydrogens (tertiary/aromatic N) is 4. The summed E-state index contributed by atoms with van der Waals surface area (Å²) in [6.07, 6.45) is 0.274. The number of phenolic OH excluding ortho intramolecular Hbond substituents is 2. The van der Waals surface area contributed by atoms with Crippen molar-refractivity contribution in [2.75, 3.05) is 247 Å². The number of carboxylic acids is 2. The summed E-state index contributed by atoms with van der Waals surface area (Å²) in [5.74, 6) is -7.89. The Kier molecular flexibility index (Phi) is 36.2. The van der Waals surface area contributed by atoms with Gasteiger partial charge in [-0.2, -0.15) is 0 Å². The van der Waals surface area contributed by atoms with Crippen molar-refractivity contribution >= 4 is 61.9 Å². The zero-order chi connectivity index (χ0) is 95.6. The quantitative estimate of drug-likeness (QED) is 0.0431. The van der Waals surface area contributed by atoms with Crippen LogP contribution < -0.4 is 45.2 Å². The van der Waals surface area contributed by atoms with Crippen LogP contribution in [0.2, 0.25) is 0 Å². The lowest BCUT2D eigenvalue weighted by atomic mass is 9.90. The molecule has 722 valence electrons. The van der Waals surface area contributed by atoms with E-state index in [0.29, 0.717) is 244 Å². The molecule has 0 bridgehead atoms. The third-order valence-electron chi connectivity index (χ3n) is 22.3. The lowest BCUT2D eigenvalue weighted by Gasteiger charge is -2.27. The number of hydrogen-bond donors (Lipinski definition) is 4. The van der Waals surface area contributed by atoms with Crippen LogP contribution in [0.3, 0.4) is 0 Å². The van der Waals surface area contributed by atoms with Gasteiger partial charge in [0.25, 0.3) is 0 Å². The van der Waals surface area contributed by atoms with Gasteiger partial charge in [-0.1, -0.05) is 25.1 Å². The van der Waals surface area contributed by atoms with E-state index >= 15 is 8.78 Å². The van der Waals surface area contributed by atoms with Crippen LogP contribution in [0.25, 0.3) is 100 Å². The number of rotatable bonds is 19. The first-order chi connectivity index (χ1) is 65.4. The highest BCUT2D eigenvalue weighted by molar-refractivity contribution is 6.06. The van der Waals surface area contributed by atoms with Gasteiger partial charge >= 0.3 is 11.9 Å². The predicted molar refractivity (Wildman–Crippen MR) is 487 cm³/mol. The predicted octanol–water partition coefficient (Wildman–Crippen LogP) is 13.5. The number of anilines is 3. The number of carboxylic acid groups (broad SMARTS) is 2. The van der Waals surface area contributed by atoms with Gasteiger partial charge in [-0.25, -0.2) is 26.3 Å². The first-order valence-electron chi connectivity index (χ1n) is 43.9. The first kappa shape index (κ1) is 100. The smallest absolute Gasteiger partial charge is 0.317 e. The van der Waals surface area contributed by atoms with Gasteiger partial charge in [0.15, 0.2) is 40.6 Å². The average Bonchev–Trinajstić information content (AvgIpc) is 0.746. The number of fused-ring (bicyclic) bond motifs is 9.